The van der Waals surface area contributed by atoms with Gasteiger partial charge in [0.15, 0.2) is 11.0 Å². The van der Waals surface area contributed by atoms with Gasteiger partial charge in [0.05, 0.1) is 10.6 Å². The minimum absolute atomic E-state index is 0.130. The maximum atomic E-state index is 10.9. The standard InChI is InChI=1S/C19H14ClN5O2S2/c1-12-15(20)3-2-4-16(12)24-18(14-5-7-21-8-6-14)22-23-19(24)29-11-13-9-17(25(26)27)28-10-13/h2-10H,11H2,1H3. The van der Waals surface area contributed by atoms with Crippen molar-refractivity contribution in [1.29, 1.82) is 0 Å². The van der Waals surface area contributed by atoms with Crippen LogP contribution in [0, 0.1) is 17.0 Å². The van der Waals surface area contributed by atoms with E-state index in [1.165, 1.54) is 11.8 Å². The van der Waals surface area contributed by atoms with Crippen LogP contribution in [-0.4, -0.2) is 24.7 Å². The molecule has 0 atom stereocenters. The molecule has 0 fully saturated rings. The summed E-state index contributed by atoms with van der Waals surface area (Å²) >= 11 is 8.94. The van der Waals surface area contributed by atoms with Crippen molar-refractivity contribution in [2.24, 2.45) is 0 Å². The first-order valence-electron chi connectivity index (χ1n) is 8.50. The van der Waals surface area contributed by atoms with E-state index in [2.05, 4.69) is 15.2 Å². The van der Waals surface area contributed by atoms with Crippen molar-refractivity contribution in [1.82, 2.24) is 19.7 Å². The number of hydrogen-bond acceptors (Lipinski definition) is 7. The number of hydrogen-bond donors (Lipinski definition) is 0. The van der Waals surface area contributed by atoms with Gasteiger partial charge in [0, 0.05) is 40.2 Å². The summed E-state index contributed by atoms with van der Waals surface area (Å²) in [5.41, 5.74) is 3.55. The normalized spacial score (nSPS) is 11.0. The summed E-state index contributed by atoms with van der Waals surface area (Å²) in [5.74, 6) is 1.22. The number of halogens is 1. The maximum absolute atomic E-state index is 10.9. The van der Waals surface area contributed by atoms with Gasteiger partial charge in [0.1, 0.15) is 0 Å². The Morgan fingerprint density at radius 1 is 1.24 bits per heavy atom. The van der Waals surface area contributed by atoms with E-state index in [-0.39, 0.29) is 9.92 Å². The highest BCUT2D eigenvalue weighted by molar-refractivity contribution is 7.98. The molecule has 0 saturated carbocycles. The van der Waals surface area contributed by atoms with Gasteiger partial charge in [-0.3, -0.25) is 19.7 Å². The summed E-state index contributed by atoms with van der Waals surface area (Å²) in [6, 6.07) is 11.0. The van der Waals surface area contributed by atoms with Gasteiger partial charge in [-0.25, -0.2) is 0 Å². The molecule has 0 aliphatic rings. The van der Waals surface area contributed by atoms with E-state index >= 15 is 0 Å². The lowest BCUT2D eigenvalue weighted by atomic mass is 10.2. The van der Waals surface area contributed by atoms with E-state index < -0.39 is 0 Å². The van der Waals surface area contributed by atoms with E-state index in [0.717, 1.165) is 33.7 Å². The molecule has 146 valence electrons. The fourth-order valence-electron chi connectivity index (χ4n) is 2.79. The molecule has 4 aromatic rings. The maximum Gasteiger partial charge on any atom is 0.324 e. The number of benzene rings is 1. The second kappa shape index (κ2) is 8.32. The number of pyridine rings is 1. The molecular formula is C19H14ClN5O2S2. The van der Waals surface area contributed by atoms with Crippen LogP contribution in [0.4, 0.5) is 5.00 Å². The fraction of sp³-hybridized carbons (Fsp3) is 0.105. The van der Waals surface area contributed by atoms with Gasteiger partial charge in [-0.1, -0.05) is 40.8 Å². The lowest BCUT2D eigenvalue weighted by Gasteiger charge is -2.13. The van der Waals surface area contributed by atoms with E-state index in [0.29, 0.717) is 21.8 Å². The van der Waals surface area contributed by atoms with E-state index in [4.69, 9.17) is 11.6 Å². The highest BCUT2D eigenvalue weighted by atomic mass is 35.5. The summed E-state index contributed by atoms with van der Waals surface area (Å²) in [5, 5.41) is 22.9. The van der Waals surface area contributed by atoms with Crippen LogP contribution in [0.15, 0.2) is 59.3 Å². The topological polar surface area (TPSA) is 86.7 Å². The predicted octanol–water partition coefficient (Wildman–Crippen LogP) is 5.55. The van der Waals surface area contributed by atoms with Crippen LogP contribution >= 0.6 is 34.7 Å². The monoisotopic (exact) mass is 443 g/mol. The van der Waals surface area contributed by atoms with Crippen molar-refractivity contribution in [2.45, 2.75) is 17.8 Å². The molecule has 3 heterocycles. The lowest BCUT2D eigenvalue weighted by Crippen LogP contribution is -2.02. The van der Waals surface area contributed by atoms with E-state index in [1.807, 2.05) is 41.8 Å². The molecule has 0 amide bonds. The van der Waals surface area contributed by atoms with Crippen LogP contribution < -0.4 is 0 Å². The summed E-state index contributed by atoms with van der Waals surface area (Å²) < 4.78 is 1.96. The van der Waals surface area contributed by atoms with Crippen LogP contribution in [-0.2, 0) is 5.75 Å². The Hall–Kier alpha value is -2.75. The molecule has 10 heteroatoms. The third-order valence-corrected chi connectivity index (χ3v) is 6.58. The van der Waals surface area contributed by atoms with Crippen LogP contribution in [0.2, 0.25) is 5.02 Å². The SMILES string of the molecule is Cc1c(Cl)cccc1-n1c(SCc2csc([N+](=O)[O-])c2)nnc1-c1ccncc1. The predicted molar refractivity (Wildman–Crippen MR) is 115 cm³/mol. The molecule has 0 spiro atoms. The minimum atomic E-state index is -0.377. The summed E-state index contributed by atoms with van der Waals surface area (Å²) in [4.78, 5) is 14.6. The average Bonchev–Trinajstić information content (AvgIpc) is 3.36. The van der Waals surface area contributed by atoms with Gasteiger partial charge in [0.25, 0.3) is 0 Å². The first kappa shape index (κ1) is 19.6. The average molecular weight is 444 g/mol. The number of aromatic nitrogens is 4. The van der Waals surface area contributed by atoms with E-state index in [9.17, 15) is 10.1 Å². The quantitative estimate of drug-likeness (QED) is 0.220. The minimum Gasteiger partial charge on any atom is -0.270 e. The largest absolute Gasteiger partial charge is 0.324 e. The fourth-order valence-corrected chi connectivity index (χ4v) is 4.67. The van der Waals surface area contributed by atoms with Crippen molar-refractivity contribution in [3.63, 3.8) is 0 Å². The smallest absolute Gasteiger partial charge is 0.270 e. The zero-order valence-corrected chi connectivity index (χ0v) is 17.5. The summed E-state index contributed by atoms with van der Waals surface area (Å²) in [7, 11) is 0. The molecule has 1 aromatic carbocycles. The van der Waals surface area contributed by atoms with Crippen molar-refractivity contribution in [3.8, 4) is 17.1 Å². The highest BCUT2D eigenvalue weighted by Gasteiger charge is 2.19. The summed E-state index contributed by atoms with van der Waals surface area (Å²) in [6.07, 6.45) is 3.41. The van der Waals surface area contributed by atoms with Crippen molar-refractivity contribution >= 4 is 39.7 Å². The van der Waals surface area contributed by atoms with Crippen LogP contribution in [0.5, 0.6) is 0 Å². The number of rotatable bonds is 6. The summed E-state index contributed by atoms with van der Waals surface area (Å²) in [6.45, 7) is 1.95. The molecular weight excluding hydrogens is 430 g/mol. The van der Waals surface area contributed by atoms with Crippen LogP contribution in [0.3, 0.4) is 0 Å². The zero-order valence-electron chi connectivity index (χ0n) is 15.2. The molecule has 0 unspecified atom stereocenters. The van der Waals surface area contributed by atoms with Gasteiger partial charge < -0.3 is 0 Å². The van der Waals surface area contributed by atoms with Crippen molar-refractivity contribution in [2.75, 3.05) is 0 Å². The highest BCUT2D eigenvalue weighted by Crippen LogP contribution is 2.34. The molecule has 0 radical (unpaired) electrons. The number of nitro groups is 1. The first-order valence-corrected chi connectivity index (χ1v) is 10.7. The van der Waals surface area contributed by atoms with Crippen molar-refractivity contribution in [3.05, 3.63) is 80.4 Å². The third kappa shape index (κ3) is 4.02. The molecule has 0 N–H and O–H groups in total. The molecule has 29 heavy (non-hydrogen) atoms. The second-order valence-electron chi connectivity index (χ2n) is 6.10. The number of nitrogens with zero attached hydrogens (tertiary/aromatic N) is 5. The Bertz CT molecular complexity index is 1180. The number of thiophene rings is 1. The second-order valence-corrected chi connectivity index (χ2v) is 8.34. The van der Waals surface area contributed by atoms with Gasteiger partial charge in [0.2, 0.25) is 0 Å². The van der Waals surface area contributed by atoms with Gasteiger partial charge in [-0.15, -0.1) is 10.2 Å². The van der Waals surface area contributed by atoms with Crippen LogP contribution in [0.1, 0.15) is 11.1 Å². The van der Waals surface area contributed by atoms with Crippen molar-refractivity contribution < 1.29 is 4.92 Å². The van der Waals surface area contributed by atoms with E-state index in [1.54, 1.807) is 23.8 Å². The molecule has 3 aromatic heterocycles. The molecule has 7 nitrogen and oxygen atoms in total. The van der Waals surface area contributed by atoms with Gasteiger partial charge >= 0.3 is 5.00 Å². The number of thioether (sulfide) groups is 1. The van der Waals surface area contributed by atoms with Crippen LogP contribution in [0.25, 0.3) is 17.1 Å². The molecule has 0 aliphatic heterocycles. The van der Waals surface area contributed by atoms with Gasteiger partial charge in [-0.2, -0.15) is 0 Å². The Morgan fingerprint density at radius 3 is 2.76 bits per heavy atom. The Morgan fingerprint density at radius 2 is 2.03 bits per heavy atom. The Balaban J connectivity index is 1.74. The first-order chi connectivity index (χ1) is 14.0. The Labute approximate surface area is 179 Å². The molecule has 0 saturated heterocycles. The zero-order chi connectivity index (χ0) is 20.4. The lowest BCUT2D eigenvalue weighted by molar-refractivity contribution is -0.380. The molecule has 0 bridgehead atoms. The molecule has 4 rings (SSSR count). The molecule has 0 aliphatic carbocycles. The third-order valence-electron chi connectivity index (χ3n) is 4.24. The van der Waals surface area contributed by atoms with Gasteiger partial charge in [-0.05, 0) is 42.3 Å². The Kier molecular flexibility index (Phi) is 5.61.